The highest BCUT2D eigenvalue weighted by molar-refractivity contribution is 6.05. The van der Waals surface area contributed by atoms with E-state index in [-0.39, 0.29) is 13.0 Å². The summed E-state index contributed by atoms with van der Waals surface area (Å²) in [6.07, 6.45) is 0.674. The van der Waals surface area contributed by atoms with E-state index in [9.17, 15) is 19.5 Å². The lowest BCUT2D eigenvalue weighted by atomic mass is 10.0. The number of amides is 3. The summed E-state index contributed by atoms with van der Waals surface area (Å²) in [5.41, 5.74) is 2.97. The lowest BCUT2D eigenvalue weighted by Gasteiger charge is -2.23. The normalized spacial score (nSPS) is 11.4. The maximum Gasteiger partial charge on any atom is 0.326 e. The van der Waals surface area contributed by atoms with Gasteiger partial charge in [-0.3, -0.25) is 9.69 Å². The number of carbonyl (C=O) groups is 3. The summed E-state index contributed by atoms with van der Waals surface area (Å²) in [5, 5.41) is 12.1. The predicted octanol–water partition coefficient (Wildman–Crippen LogP) is 4.61. The average Bonchev–Trinajstić information content (AvgIpc) is 2.83. The minimum atomic E-state index is -1.16. The number of carbonyl (C=O) groups excluding carboxylic acids is 2. The first-order valence-electron chi connectivity index (χ1n) is 10.5. The number of hydrogen-bond acceptors (Lipinski definition) is 3. The van der Waals surface area contributed by atoms with Crippen LogP contribution in [0.15, 0.2) is 84.9 Å². The maximum atomic E-state index is 13.2. The molecule has 0 fully saturated rings. The quantitative estimate of drug-likeness (QED) is 0.546. The van der Waals surface area contributed by atoms with Gasteiger partial charge in [0.05, 0.1) is 0 Å². The van der Waals surface area contributed by atoms with E-state index in [0.717, 1.165) is 21.6 Å². The van der Waals surface area contributed by atoms with E-state index in [0.29, 0.717) is 12.0 Å². The van der Waals surface area contributed by atoms with Gasteiger partial charge in [0.25, 0.3) is 5.91 Å². The SMILES string of the molecule is CCCN(C(=O)N[C@@H](Cc1ccccc1)C(=O)O)C(=O)c1cccc(-c2ccccc2)c1. The molecule has 0 heterocycles. The van der Waals surface area contributed by atoms with Crippen LogP contribution >= 0.6 is 0 Å². The zero-order valence-corrected chi connectivity index (χ0v) is 17.9. The van der Waals surface area contributed by atoms with Gasteiger partial charge in [-0.15, -0.1) is 0 Å². The Bertz CT molecular complexity index is 1070. The number of urea groups is 1. The molecule has 0 aliphatic heterocycles. The van der Waals surface area contributed by atoms with Crippen LogP contribution in [0.25, 0.3) is 11.1 Å². The van der Waals surface area contributed by atoms with Crippen molar-refractivity contribution >= 4 is 17.9 Å². The summed E-state index contributed by atoms with van der Waals surface area (Å²) in [7, 11) is 0. The number of rotatable bonds is 8. The van der Waals surface area contributed by atoms with Crippen LogP contribution in [0.4, 0.5) is 4.79 Å². The van der Waals surface area contributed by atoms with E-state index in [2.05, 4.69) is 5.32 Å². The molecule has 0 aliphatic carbocycles. The van der Waals surface area contributed by atoms with Crippen LogP contribution in [0.1, 0.15) is 29.3 Å². The van der Waals surface area contributed by atoms with Crippen molar-refractivity contribution in [2.24, 2.45) is 0 Å². The van der Waals surface area contributed by atoms with Crippen molar-refractivity contribution in [1.82, 2.24) is 10.2 Å². The van der Waals surface area contributed by atoms with Gasteiger partial charge in [0.15, 0.2) is 0 Å². The molecule has 3 aromatic carbocycles. The van der Waals surface area contributed by atoms with Crippen LogP contribution in [-0.2, 0) is 11.2 Å². The zero-order valence-electron chi connectivity index (χ0n) is 17.9. The van der Waals surface area contributed by atoms with Crippen molar-refractivity contribution in [3.05, 3.63) is 96.1 Å². The smallest absolute Gasteiger partial charge is 0.326 e. The van der Waals surface area contributed by atoms with Gasteiger partial charge in [0, 0.05) is 18.5 Å². The number of benzene rings is 3. The summed E-state index contributed by atoms with van der Waals surface area (Å²) in [4.78, 5) is 38.9. The van der Waals surface area contributed by atoms with Gasteiger partial charge in [0.1, 0.15) is 6.04 Å². The number of nitrogens with one attached hydrogen (secondary N) is 1. The Balaban J connectivity index is 1.79. The van der Waals surface area contributed by atoms with Gasteiger partial charge in [-0.05, 0) is 35.2 Å². The molecule has 32 heavy (non-hydrogen) atoms. The average molecular weight is 431 g/mol. The number of hydrogen-bond donors (Lipinski definition) is 2. The summed E-state index contributed by atoms with van der Waals surface area (Å²) >= 11 is 0. The molecule has 0 radical (unpaired) electrons. The Morgan fingerprint density at radius 2 is 1.50 bits per heavy atom. The molecule has 0 bridgehead atoms. The number of carboxylic acid groups (broad SMARTS) is 1. The highest BCUT2D eigenvalue weighted by atomic mass is 16.4. The largest absolute Gasteiger partial charge is 0.480 e. The fourth-order valence-corrected chi connectivity index (χ4v) is 3.41. The van der Waals surface area contributed by atoms with Gasteiger partial charge in [-0.25, -0.2) is 9.59 Å². The summed E-state index contributed by atoms with van der Waals surface area (Å²) in [6, 6.07) is 23.9. The Labute approximate surface area is 187 Å². The van der Waals surface area contributed by atoms with Crippen LogP contribution in [-0.4, -0.2) is 40.5 Å². The fourth-order valence-electron chi connectivity index (χ4n) is 3.41. The molecule has 6 nitrogen and oxygen atoms in total. The van der Waals surface area contributed by atoms with Crippen LogP contribution in [0, 0.1) is 0 Å². The monoisotopic (exact) mass is 430 g/mol. The minimum Gasteiger partial charge on any atom is -0.480 e. The Morgan fingerprint density at radius 1 is 0.875 bits per heavy atom. The minimum absolute atomic E-state index is 0.125. The summed E-state index contributed by atoms with van der Waals surface area (Å²) in [5.74, 6) is -1.62. The first-order chi connectivity index (χ1) is 15.5. The lowest BCUT2D eigenvalue weighted by Crippen LogP contribution is -2.51. The Hall–Kier alpha value is -3.93. The topological polar surface area (TPSA) is 86.7 Å². The van der Waals surface area contributed by atoms with E-state index in [1.807, 2.05) is 61.5 Å². The number of nitrogens with zero attached hydrogens (tertiary/aromatic N) is 1. The van der Waals surface area contributed by atoms with Crippen molar-refractivity contribution in [3.8, 4) is 11.1 Å². The second-order valence-corrected chi connectivity index (χ2v) is 7.43. The third kappa shape index (κ3) is 5.82. The second-order valence-electron chi connectivity index (χ2n) is 7.43. The highest BCUT2D eigenvalue weighted by Gasteiger charge is 2.27. The predicted molar refractivity (Wildman–Crippen MR) is 123 cm³/mol. The summed E-state index contributed by atoms with van der Waals surface area (Å²) < 4.78 is 0. The molecule has 0 spiro atoms. The van der Waals surface area contributed by atoms with E-state index < -0.39 is 23.9 Å². The van der Waals surface area contributed by atoms with E-state index in [1.165, 1.54) is 0 Å². The van der Waals surface area contributed by atoms with Gasteiger partial charge in [-0.1, -0.05) is 79.7 Å². The van der Waals surface area contributed by atoms with Gasteiger partial charge < -0.3 is 10.4 Å². The Kier molecular flexibility index (Phi) is 7.75. The molecule has 3 amide bonds. The molecule has 0 saturated carbocycles. The standard InChI is InChI=1S/C26H26N2O4/c1-2-16-28(26(32)27-23(25(30)31)17-19-10-5-3-6-11-19)24(29)22-15-9-14-21(18-22)20-12-7-4-8-13-20/h3-15,18,23H,2,16-17H2,1H3,(H,27,32)(H,30,31)/t23-/m0/s1. The molecule has 164 valence electrons. The van der Waals surface area contributed by atoms with Gasteiger partial charge in [0.2, 0.25) is 0 Å². The Morgan fingerprint density at radius 3 is 2.12 bits per heavy atom. The molecule has 2 N–H and O–H groups in total. The lowest BCUT2D eigenvalue weighted by molar-refractivity contribution is -0.139. The van der Waals surface area contributed by atoms with Crippen molar-refractivity contribution in [2.45, 2.75) is 25.8 Å². The first-order valence-corrected chi connectivity index (χ1v) is 10.5. The second kappa shape index (κ2) is 10.9. The van der Waals surface area contributed by atoms with Crippen LogP contribution in [0.3, 0.4) is 0 Å². The maximum absolute atomic E-state index is 13.2. The van der Waals surface area contributed by atoms with Gasteiger partial charge in [-0.2, -0.15) is 0 Å². The van der Waals surface area contributed by atoms with Crippen molar-refractivity contribution < 1.29 is 19.5 Å². The fraction of sp³-hybridized carbons (Fsp3) is 0.192. The third-order valence-corrected chi connectivity index (χ3v) is 5.03. The third-order valence-electron chi connectivity index (χ3n) is 5.03. The molecule has 3 rings (SSSR count). The van der Waals surface area contributed by atoms with Gasteiger partial charge >= 0.3 is 12.0 Å². The summed E-state index contributed by atoms with van der Waals surface area (Å²) in [6.45, 7) is 2.03. The van der Waals surface area contributed by atoms with E-state index >= 15 is 0 Å². The van der Waals surface area contributed by atoms with Crippen LogP contribution < -0.4 is 5.32 Å². The molecule has 0 aliphatic rings. The first kappa shape index (κ1) is 22.7. The highest BCUT2D eigenvalue weighted by Crippen LogP contribution is 2.21. The number of carboxylic acids is 1. The molecular formula is C26H26N2O4. The number of aliphatic carboxylic acids is 1. The molecule has 0 saturated heterocycles. The van der Waals surface area contributed by atoms with Crippen LogP contribution in [0.5, 0.6) is 0 Å². The molecular weight excluding hydrogens is 404 g/mol. The number of imide groups is 1. The zero-order chi connectivity index (χ0) is 22.9. The van der Waals surface area contributed by atoms with E-state index in [4.69, 9.17) is 0 Å². The van der Waals surface area contributed by atoms with Crippen molar-refractivity contribution in [3.63, 3.8) is 0 Å². The van der Waals surface area contributed by atoms with Crippen molar-refractivity contribution in [2.75, 3.05) is 6.54 Å². The molecule has 3 aromatic rings. The molecule has 0 unspecified atom stereocenters. The molecule has 6 heteroatoms. The van der Waals surface area contributed by atoms with Crippen molar-refractivity contribution in [1.29, 1.82) is 0 Å². The molecule has 0 aromatic heterocycles. The molecule has 1 atom stereocenters. The van der Waals surface area contributed by atoms with E-state index in [1.54, 1.807) is 30.3 Å². The van der Waals surface area contributed by atoms with Crippen LogP contribution in [0.2, 0.25) is 0 Å².